The van der Waals surface area contributed by atoms with Gasteiger partial charge < -0.3 is 4.57 Å². The number of aromatic nitrogens is 2. The van der Waals surface area contributed by atoms with Crippen molar-refractivity contribution in [1.29, 1.82) is 0 Å². The van der Waals surface area contributed by atoms with Gasteiger partial charge >= 0.3 is 0 Å². The third kappa shape index (κ3) is 2.86. The molecule has 0 saturated carbocycles. The van der Waals surface area contributed by atoms with Gasteiger partial charge in [-0.2, -0.15) is 0 Å². The van der Waals surface area contributed by atoms with E-state index in [1.165, 1.54) is 25.1 Å². The van der Waals surface area contributed by atoms with Crippen LogP contribution < -0.4 is 0 Å². The third-order valence-electron chi connectivity index (χ3n) is 3.09. The molecule has 1 heterocycles. The maximum Gasteiger partial charge on any atom is 0.111 e. The summed E-state index contributed by atoms with van der Waals surface area (Å²) in [5.41, 5.74) is 0. The molecule has 2 heteroatoms. The van der Waals surface area contributed by atoms with E-state index in [9.17, 15) is 0 Å². The van der Waals surface area contributed by atoms with Crippen LogP contribution in [-0.4, -0.2) is 9.55 Å². The normalized spacial score (nSPS) is 15.4. The van der Waals surface area contributed by atoms with Gasteiger partial charge in [0, 0.05) is 25.4 Å². The van der Waals surface area contributed by atoms with Crippen molar-refractivity contribution in [3.8, 4) is 0 Å². The van der Waals surface area contributed by atoms with Crippen molar-refractivity contribution < 1.29 is 0 Å². The van der Waals surface area contributed by atoms with Crippen molar-refractivity contribution in [3.63, 3.8) is 0 Å². The first-order chi connectivity index (χ1) is 6.65. The number of nitrogens with zero attached hydrogens (tertiary/aromatic N) is 2. The van der Waals surface area contributed by atoms with Crippen molar-refractivity contribution in [1.82, 2.24) is 9.55 Å². The Labute approximate surface area is 87.4 Å². The lowest BCUT2D eigenvalue weighted by atomic mass is 9.96. The van der Waals surface area contributed by atoms with Crippen molar-refractivity contribution in [2.24, 2.45) is 13.0 Å². The second kappa shape index (κ2) is 5.18. The monoisotopic (exact) mass is 194 g/mol. The molecular formula is C12H22N2. The molecule has 0 N–H and O–H groups in total. The summed E-state index contributed by atoms with van der Waals surface area (Å²) in [6.07, 6.45) is 7.75. The van der Waals surface area contributed by atoms with Gasteiger partial charge in [0.05, 0.1) is 0 Å². The number of rotatable bonds is 5. The van der Waals surface area contributed by atoms with Gasteiger partial charge in [0.25, 0.3) is 0 Å². The summed E-state index contributed by atoms with van der Waals surface area (Å²) in [6.45, 7) is 6.85. The van der Waals surface area contributed by atoms with Gasteiger partial charge in [-0.25, -0.2) is 4.98 Å². The van der Waals surface area contributed by atoms with E-state index in [1.807, 2.05) is 12.4 Å². The number of hydrogen-bond donors (Lipinski definition) is 0. The lowest BCUT2D eigenvalue weighted by Crippen LogP contribution is -2.04. The molecule has 0 aromatic carbocycles. The van der Waals surface area contributed by atoms with Crippen molar-refractivity contribution >= 4 is 0 Å². The van der Waals surface area contributed by atoms with E-state index in [0.717, 1.165) is 5.92 Å². The van der Waals surface area contributed by atoms with Crippen LogP contribution in [0.5, 0.6) is 0 Å². The van der Waals surface area contributed by atoms with Crippen molar-refractivity contribution in [3.05, 3.63) is 18.2 Å². The average molecular weight is 194 g/mol. The highest BCUT2D eigenvalue weighted by Crippen LogP contribution is 2.21. The second-order valence-corrected chi connectivity index (χ2v) is 4.39. The second-order valence-electron chi connectivity index (χ2n) is 4.39. The van der Waals surface area contributed by atoms with Gasteiger partial charge in [-0.1, -0.05) is 33.6 Å². The van der Waals surface area contributed by atoms with Crippen molar-refractivity contribution in [2.75, 3.05) is 0 Å². The minimum Gasteiger partial charge on any atom is -0.338 e. The Kier molecular flexibility index (Phi) is 4.18. The van der Waals surface area contributed by atoms with Crippen LogP contribution in [0, 0.1) is 5.92 Å². The summed E-state index contributed by atoms with van der Waals surface area (Å²) < 4.78 is 2.13. The van der Waals surface area contributed by atoms with Crippen LogP contribution in [0.15, 0.2) is 12.4 Å². The number of hydrogen-bond acceptors (Lipinski definition) is 1. The van der Waals surface area contributed by atoms with Gasteiger partial charge in [-0.3, -0.25) is 0 Å². The molecule has 0 radical (unpaired) electrons. The van der Waals surface area contributed by atoms with Gasteiger partial charge in [0.15, 0.2) is 0 Å². The third-order valence-corrected chi connectivity index (χ3v) is 3.09. The Bertz CT molecular complexity index is 265. The first-order valence-electron chi connectivity index (χ1n) is 5.62. The van der Waals surface area contributed by atoms with Crippen LogP contribution in [0.4, 0.5) is 0 Å². The Balaban J connectivity index is 2.43. The molecule has 2 nitrogen and oxygen atoms in total. The molecule has 1 rings (SSSR count). The summed E-state index contributed by atoms with van der Waals surface area (Å²) in [5.74, 6) is 2.65. The number of aryl methyl sites for hydroxylation is 1. The lowest BCUT2D eigenvalue weighted by molar-refractivity contribution is 0.459. The Hall–Kier alpha value is -0.790. The zero-order chi connectivity index (χ0) is 10.6. The molecule has 0 aliphatic carbocycles. The minimum atomic E-state index is 0.587. The van der Waals surface area contributed by atoms with E-state index in [2.05, 4.69) is 37.4 Å². The molecule has 0 aliphatic heterocycles. The van der Waals surface area contributed by atoms with Gasteiger partial charge in [-0.15, -0.1) is 0 Å². The topological polar surface area (TPSA) is 17.8 Å². The summed E-state index contributed by atoms with van der Waals surface area (Å²) >= 11 is 0. The fourth-order valence-corrected chi connectivity index (χ4v) is 1.72. The SMILES string of the molecule is CCC(C)CCC(C)c1nccn1C. The van der Waals surface area contributed by atoms with Crippen LogP contribution in [0.25, 0.3) is 0 Å². The smallest absolute Gasteiger partial charge is 0.111 e. The maximum atomic E-state index is 4.38. The number of imidazole rings is 1. The molecule has 1 aromatic heterocycles. The Morgan fingerprint density at radius 2 is 2.07 bits per heavy atom. The molecule has 14 heavy (non-hydrogen) atoms. The fraction of sp³-hybridized carbons (Fsp3) is 0.750. The molecule has 0 spiro atoms. The predicted octanol–water partition coefficient (Wildman–Crippen LogP) is 3.35. The van der Waals surface area contributed by atoms with Crippen molar-refractivity contribution in [2.45, 2.75) is 46.0 Å². The first-order valence-corrected chi connectivity index (χ1v) is 5.62. The summed E-state index contributed by atoms with van der Waals surface area (Å²) in [4.78, 5) is 4.38. The largest absolute Gasteiger partial charge is 0.338 e. The Morgan fingerprint density at radius 1 is 1.36 bits per heavy atom. The molecule has 2 unspecified atom stereocenters. The molecule has 0 aliphatic rings. The predicted molar refractivity (Wildman–Crippen MR) is 60.3 cm³/mol. The van der Waals surface area contributed by atoms with Crippen LogP contribution in [0.2, 0.25) is 0 Å². The van der Waals surface area contributed by atoms with E-state index in [4.69, 9.17) is 0 Å². The van der Waals surface area contributed by atoms with E-state index in [1.54, 1.807) is 0 Å². The molecule has 0 fully saturated rings. The summed E-state index contributed by atoms with van der Waals surface area (Å²) in [5, 5.41) is 0. The van der Waals surface area contributed by atoms with Gasteiger partial charge in [-0.05, 0) is 12.3 Å². The van der Waals surface area contributed by atoms with E-state index in [-0.39, 0.29) is 0 Å². The Morgan fingerprint density at radius 3 is 2.57 bits per heavy atom. The highest BCUT2D eigenvalue weighted by molar-refractivity contribution is 4.97. The van der Waals surface area contributed by atoms with E-state index >= 15 is 0 Å². The highest BCUT2D eigenvalue weighted by Gasteiger charge is 2.11. The van der Waals surface area contributed by atoms with Gasteiger partial charge in [0.1, 0.15) is 5.82 Å². The molecule has 2 atom stereocenters. The molecule has 0 amide bonds. The maximum absolute atomic E-state index is 4.38. The average Bonchev–Trinajstić information content (AvgIpc) is 2.60. The van der Waals surface area contributed by atoms with Crippen LogP contribution in [0.3, 0.4) is 0 Å². The van der Waals surface area contributed by atoms with E-state index in [0.29, 0.717) is 5.92 Å². The van der Waals surface area contributed by atoms with E-state index < -0.39 is 0 Å². The van der Waals surface area contributed by atoms with Crippen LogP contribution in [-0.2, 0) is 7.05 Å². The molecule has 0 bridgehead atoms. The molecule has 0 saturated heterocycles. The first kappa shape index (κ1) is 11.3. The quantitative estimate of drug-likeness (QED) is 0.703. The molecule has 1 aromatic rings. The molecular weight excluding hydrogens is 172 g/mol. The standard InChI is InChI=1S/C12H22N2/c1-5-10(2)6-7-11(3)12-13-8-9-14(12)4/h8-11H,5-7H2,1-4H3. The van der Waals surface area contributed by atoms with Crippen LogP contribution in [0.1, 0.15) is 51.8 Å². The zero-order valence-corrected chi connectivity index (χ0v) is 9.83. The fourth-order valence-electron chi connectivity index (χ4n) is 1.72. The lowest BCUT2D eigenvalue weighted by Gasteiger charge is -2.14. The van der Waals surface area contributed by atoms with Crippen LogP contribution >= 0.6 is 0 Å². The summed E-state index contributed by atoms with van der Waals surface area (Å²) in [6, 6.07) is 0. The summed E-state index contributed by atoms with van der Waals surface area (Å²) in [7, 11) is 2.07. The van der Waals surface area contributed by atoms with Gasteiger partial charge in [0.2, 0.25) is 0 Å². The molecule has 80 valence electrons. The zero-order valence-electron chi connectivity index (χ0n) is 9.83. The minimum absolute atomic E-state index is 0.587. The highest BCUT2D eigenvalue weighted by atomic mass is 15.0.